The van der Waals surface area contributed by atoms with E-state index < -0.39 is 29.7 Å². The van der Waals surface area contributed by atoms with Crippen LogP contribution in [0.25, 0.3) is 0 Å². The molecule has 1 N–H and O–H groups in total. The molecule has 1 aliphatic heterocycles. The smallest absolute Gasteiger partial charge is 0.340 e. The minimum atomic E-state index is -1.10. The minimum absolute atomic E-state index is 0.0246. The lowest BCUT2D eigenvalue weighted by molar-refractivity contribution is 0.0696. The van der Waals surface area contributed by atoms with Crippen molar-refractivity contribution in [3.63, 3.8) is 0 Å². The molecule has 1 aliphatic rings. The van der Waals surface area contributed by atoms with Gasteiger partial charge in [0.1, 0.15) is 11.6 Å². The normalized spacial score (nSPS) is 16.2. The Balaban J connectivity index is 2.04. The van der Waals surface area contributed by atoms with E-state index in [-0.39, 0.29) is 23.3 Å². The Bertz CT molecular complexity index is 944. The van der Waals surface area contributed by atoms with E-state index in [0.29, 0.717) is 5.56 Å². The lowest BCUT2D eigenvalue weighted by Crippen LogP contribution is -2.36. The lowest BCUT2D eigenvalue weighted by Gasteiger charge is -2.25. The van der Waals surface area contributed by atoms with Crippen LogP contribution in [0.2, 0.25) is 0 Å². The molecule has 2 aromatic rings. The van der Waals surface area contributed by atoms with Gasteiger partial charge in [0.05, 0.1) is 17.3 Å². The van der Waals surface area contributed by atoms with Gasteiger partial charge in [0.25, 0.3) is 0 Å². The van der Waals surface area contributed by atoms with Crippen molar-refractivity contribution in [1.82, 2.24) is 9.91 Å². The van der Waals surface area contributed by atoms with Crippen LogP contribution < -0.4 is 0 Å². The maximum absolute atomic E-state index is 14.2. The molecule has 27 heavy (non-hydrogen) atoms. The molecule has 8 heteroatoms. The summed E-state index contributed by atoms with van der Waals surface area (Å²) in [5.41, 5.74) is 0.798. The number of nitrogens with zero attached hydrogens (tertiary/aromatic N) is 3. The fourth-order valence-corrected chi connectivity index (χ4v) is 2.91. The van der Waals surface area contributed by atoms with Crippen LogP contribution in [0.5, 0.6) is 0 Å². The van der Waals surface area contributed by atoms with Gasteiger partial charge in [-0.3, -0.25) is 0 Å². The van der Waals surface area contributed by atoms with Gasteiger partial charge in [-0.05, 0) is 35.9 Å². The summed E-state index contributed by atoms with van der Waals surface area (Å²) in [5, 5.41) is 14.6. The molecule has 0 radical (unpaired) electrons. The van der Waals surface area contributed by atoms with Crippen molar-refractivity contribution in [3.05, 3.63) is 70.8 Å². The van der Waals surface area contributed by atoms with Gasteiger partial charge in [-0.2, -0.15) is 5.10 Å². The SMILES string of the molecule is CN(C)C(=O)N1N=C(c2cc(F)ccc2F)CC1c1cccc(C(=O)O)c1. The van der Waals surface area contributed by atoms with Crippen LogP contribution in [-0.4, -0.2) is 46.8 Å². The minimum Gasteiger partial charge on any atom is -0.478 e. The van der Waals surface area contributed by atoms with E-state index in [2.05, 4.69) is 5.10 Å². The first-order valence-corrected chi connectivity index (χ1v) is 8.14. The second kappa shape index (κ2) is 7.14. The van der Waals surface area contributed by atoms with E-state index in [1.807, 2.05) is 0 Å². The summed E-state index contributed by atoms with van der Waals surface area (Å²) in [6, 6.07) is 8.09. The Morgan fingerprint density at radius 3 is 2.59 bits per heavy atom. The second-order valence-corrected chi connectivity index (χ2v) is 6.34. The first-order valence-electron chi connectivity index (χ1n) is 8.14. The van der Waals surface area contributed by atoms with Gasteiger partial charge in [0.15, 0.2) is 0 Å². The van der Waals surface area contributed by atoms with E-state index in [1.54, 1.807) is 26.2 Å². The maximum atomic E-state index is 14.2. The molecule has 6 nitrogen and oxygen atoms in total. The molecular formula is C19H17F2N3O3. The van der Waals surface area contributed by atoms with Crippen LogP contribution in [0.15, 0.2) is 47.6 Å². The number of amides is 2. The number of aromatic carboxylic acids is 1. The summed E-state index contributed by atoms with van der Waals surface area (Å²) in [4.78, 5) is 25.1. The van der Waals surface area contributed by atoms with Gasteiger partial charge in [-0.1, -0.05) is 12.1 Å². The molecule has 0 spiro atoms. The van der Waals surface area contributed by atoms with Gasteiger partial charge < -0.3 is 10.0 Å². The van der Waals surface area contributed by atoms with Crippen molar-refractivity contribution in [2.45, 2.75) is 12.5 Å². The molecule has 0 fully saturated rings. The predicted molar refractivity (Wildman–Crippen MR) is 94.6 cm³/mol. The number of rotatable bonds is 3. The van der Waals surface area contributed by atoms with Crippen molar-refractivity contribution in [1.29, 1.82) is 0 Å². The Morgan fingerprint density at radius 2 is 1.93 bits per heavy atom. The van der Waals surface area contributed by atoms with Crippen LogP contribution in [0.4, 0.5) is 13.6 Å². The maximum Gasteiger partial charge on any atom is 0.340 e. The average Bonchev–Trinajstić information content (AvgIpc) is 3.08. The highest BCUT2D eigenvalue weighted by molar-refractivity contribution is 6.03. The standard InChI is InChI=1S/C19H17F2N3O3/c1-23(2)19(27)24-17(11-4-3-5-12(8-11)18(25)26)10-16(22-24)14-9-13(20)6-7-15(14)21/h3-9,17H,10H2,1-2H3,(H,25,26). The van der Waals surface area contributed by atoms with E-state index in [9.17, 15) is 23.5 Å². The van der Waals surface area contributed by atoms with Crippen LogP contribution in [0.1, 0.15) is 33.9 Å². The molecule has 0 bridgehead atoms. The predicted octanol–water partition coefficient (Wildman–Crippen LogP) is 3.50. The third-order valence-corrected chi connectivity index (χ3v) is 4.25. The molecule has 2 amide bonds. The van der Waals surface area contributed by atoms with Crippen molar-refractivity contribution < 1.29 is 23.5 Å². The third-order valence-electron chi connectivity index (χ3n) is 4.25. The number of carboxylic acids is 1. The summed E-state index contributed by atoms with van der Waals surface area (Å²) >= 11 is 0. The number of hydrogen-bond acceptors (Lipinski definition) is 3. The fraction of sp³-hybridized carbons (Fsp3) is 0.211. The number of carbonyl (C=O) groups excluding carboxylic acids is 1. The highest BCUT2D eigenvalue weighted by atomic mass is 19.1. The van der Waals surface area contributed by atoms with Crippen molar-refractivity contribution in [2.75, 3.05) is 14.1 Å². The van der Waals surface area contributed by atoms with Gasteiger partial charge in [-0.15, -0.1) is 0 Å². The number of hydrazone groups is 1. The fourth-order valence-electron chi connectivity index (χ4n) is 2.91. The molecule has 140 valence electrons. The average molecular weight is 373 g/mol. The zero-order valence-electron chi connectivity index (χ0n) is 14.7. The zero-order chi connectivity index (χ0) is 19.7. The highest BCUT2D eigenvalue weighted by Gasteiger charge is 2.35. The quantitative estimate of drug-likeness (QED) is 0.895. The monoisotopic (exact) mass is 373 g/mol. The molecule has 2 aromatic carbocycles. The van der Waals surface area contributed by atoms with Crippen LogP contribution in [0.3, 0.4) is 0 Å². The Morgan fingerprint density at radius 1 is 1.19 bits per heavy atom. The van der Waals surface area contributed by atoms with E-state index >= 15 is 0 Å². The summed E-state index contributed by atoms with van der Waals surface area (Å²) < 4.78 is 27.7. The van der Waals surface area contributed by atoms with E-state index in [1.165, 1.54) is 22.0 Å². The zero-order valence-corrected chi connectivity index (χ0v) is 14.7. The Hall–Kier alpha value is -3.29. The van der Waals surface area contributed by atoms with Crippen molar-refractivity contribution >= 4 is 17.7 Å². The van der Waals surface area contributed by atoms with Crippen molar-refractivity contribution in [2.24, 2.45) is 5.10 Å². The van der Waals surface area contributed by atoms with E-state index in [4.69, 9.17) is 0 Å². The molecular weight excluding hydrogens is 356 g/mol. The highest BCUT2D eigenvalue weighted by Crippen LogP contribution is 2.34. The second-order valence-electron chi connectivity index (χ2n) is 6.34. The van der Waals surface area contributed by atoms with Crippen LogP contribution >= 0.6 is 0 Å². The van der Waals surface area contributed by atoms with Crippen molar-refractivity contribution in [3.8, 4) is 0 Å². The summed E-state index contributed by atoms with van der Waals surface area (Å²) in [6.07, 6.45) is 0.128. The van der Waals surface area contributed by atoms with Gasteiger partial charge in [-0.25, -0.2) is 23.4 Å². The van der Waals surface area contributed by atoms with E-state index in [0.717, 1.165) is 18.2 Å². The Kier molecular flexibility index (Phi) is 4.89. The lowest BCUT2D eigenvalue weighted by atomic mass is 9.97. The molecule has 0 saturated carbocycles. The third kappa shape index (κ3) is 3.64. The molecule has 0 aliphatic carbocycles. The first-order chi connectivity index (χ1) is 12.8. The topological polar surface area (TPSA) is 73.2 Å². The summed E-state index contributed by atoms with van der Waals surface area (Å²) in [6.45, 7) is 0. The number of benzene rings is 2. The summed E-state index contributed by atoms with van der Waals surface area (Å²) in [7, 11) is 3.09. The van der Waals surface area contributed by atoms with Gasteiger partial charge in [0.2, 0.25) is 0 Å². The number of urea groups is 1. The van der Waals surface area contributed by atoms with Crippen LogP contribution in [0, 0.1) is 11.6 Å². The number of halogens is 2. The first kappa shape index (κ1) is 18.5. The molecule has 1 atom stereocenters. The number of carbonyl (C=O) groups is 2. The van der Waals surface area contributed by atoms with Gasteiger partial charge in [0, 0.05) is 26.1 Å². The van der Waals surface area contributed by atoms with Crippen LogP contribution in [-0.2, 0) is 0 Å². The molecule has 0 aromatic heterocycles. The molecule has 3 rings (SSSR count). The van der Waals surface area contributed by atoms with Gasteiger partial charge >= 0.3 is 12.0 Å². The molecule has 1 unspecified atom stereocenters. The largest absolute Gasteiger partial charge is 0.478 e. The Labute approximate surface area is 154 Å². The number of hydrogen-bond donors (Lipinski definition) is 1. The molecule has 0 saturated heterocycles. The summed E-state index contributed by atoms with van der Waals surface area (Å²) in [5.74, 6) is -2.36. The molecule has 1 heterocycles. The number of carboxylic acid groups (broad SMARTS) is 1.